The van der Waals surface area contributed by atoms with E-state index in [1.165, 1.54) is 53.6 Å². The Morgan fingerprint density at radius 3 is 2.44 bits per heavy atom. The summed E-state index contributed by atoms with van der Waals surface area (Å²) < 4.78 is 2.70. The van der Waals surface area contributed by atoms with Gasteiger partial charge in [0.2, 0.25) is 0 Å². The molecule has 3 heteroatoms. The highest BCUT2D eigenvalue weighted by Crippen LogP contribution is 2.40. The highest BCUT2D eigenvalue weighted by Gasteiger charge is 2.14. The molecule has 1 aromatic heterocycles. The zero-order chi connectivity index (χ0) is 26.2. The highest BCUT2D eigenvalue weighted by atomic mass is 32.1. The molecule has 1 N–H and O–H groups in total. The van der Waals surface area contributed by atoms with Gasteiger partial charge in [0.25, 0.3) is 0 Å². The van der Waals surface area contributed by atoms with Crippen molar-refractivity contribution < 1.29 is 0 Å². The van der Waals surface area contributed by atoms with Crippen LogP contribution in [0.4, 0.5) is 5.69 Å². The third-order valence-corrected chi connectivity index (χ3v) is 9.38. The largest absolute Gasteiger partial charge is 0.379 e. The number of anilines is 1. The van der Waals surface area contributed by atoms with Gasteiger partial charge in [-0.15, -0.1) is 24.0 Å². The van der Waals surface area contributed by atoms with Gasteiger partial charge >= 0.3 is 0 Å². The van der Waals surface area contributed by atoms with Crippen LogP contribution in [0.5, 0.6) is 0 Å². The molecule has 0 amide bonds. The van der Waals surface area contributed by atoms with E-state index in [0.29, 0.717) is 0 Å². The van der Waals surface area contributed by atoms with Gasteiger partial charge in [0.15, 0.2) is 0 Å². The average molecular weight is 540 g/mol. The Morgan fingerprint density at radius 1 is 0.769 bits per heavy atom. The molecule has 7 rings (SSSR count). The van der Waals surface area contributed by atoms with Crippen molar-refractivity contribution in [3.8, 4) is 11.1 Å². The Hall–Kier alpha value is -3.79. The third-order valence-electron chi connectivity index (χ3n) is 7.74. The Balaban J connectivity index is 1.06. The summed E-state index contributed by atoms with van der Waals surface area (Å²) in [4.78, 5) is 1.09. The molecule has 1 nitrogen and oxygen atoms in total. The molecular weight excluding hydrogens is 511 g/mol. The summed E-state index contributed by atoms with van der Waals surface area (Å²) in [5.41, 5.74) is 8.89. The van der Waals surface area contributed by atoms with Crippen molar-refractivity contribution >= 4 is 61.0 Å². The first-order valence-corrected chi connectivity index (χ1v) is 14.8. The van der Waals surface area contributed by atoms with Crippen LogP contribution in [0.1, 0.15) is 30.4 Å². The van der Waals surface area contributed by atoms with E-state index in [9.17, 15) is 0 Å². The lowest BCUT2D eigenvalue weighted by Gasteiger charge is -2.20. The van der Waals surface area contributed by atoms with Crippen LogP contribution < -0.4 is 5.32 Å². The third kappa shape index (κ3) is 4.78. The molecule has 5 aromatic rings. The zero-order valence-electron chi connectivity index (χ0n) is 21.6. The van der Waals surface area contributed by atoms with Crippen LogP contribution >= 0.6 is 24.0 Å². The molecule has 0 radical (unpaired) electrons. The molecule has 1 unspecified atom stereocenters. The Morgan fingerprint density at radius 2 is 1.59 bits per heavy atom. The zero-order valence-corrected chi connectivity index (χ0v) is 23.3. The van der Waals surface area contributed by atoms with Crippen molar-refractivity contribution in [3.05, 3.63) is 137 Å². The van der Waals surface area contributed by atoms with Crippen LogP contribution in [0.25, 0.3) is 42.4 Å². The first-order valence-electron chi connectivity index (χ1n) is 13.6. The van der Waals surface area contributed by atoms with Gasteiger partial charge in [0.05, 0.1) is 0 Å². The lowest BCUT2D eigenvalue weighted by Crippen LogP contribution is -2.17. The fourth-order valence-corrected chi connectivity index (χ4v) is 7.29. The number of rotatable bonds is 5. The number of benzene rings is 4. The molecule has 2 aliphatic carbocycles. The van der Waals surface area contributed by atoms with Crippen molar-refractivity contribution in [1.82, 2.24) is 0 Å². The number of hydrogen-bond donors (Lipinski definition) is 2. The minimum Gasteiger partial charge on any atom is -0.379 e. The molecule has 0 bridgehead atoms. The van der Waals surface area contributed by atoms with E-state index in [4.69, 9.17) is 12.6 Å². The predicted molar refractivity (Wildman–Crippen MR) is 175 cm³/mol. The van der Waals surface area contributed by atoms with Crippen LogP contribution in [-0.2, 0) is 0 Å². The van der Waals surface area contributed by atoms with E-state index in [1.807, 2.05) is 11.3 Å². The fourth-order valence-electron chi connectivity index (χ4n) is 5.71. The molecule has 2 aliphatic rings. The monoisotopic (exact) mass is 539 g/mol. The number of thiol groups is 1. The van der Waals surface area contributed by atoms with E-state index in [2.05, 4.69) is 127 Å². The summed E-state index contributed by atoms with van der Waals surface area (Å²) in [6, 6.07) is 33.4. The molecule has 0 saturated heterocycles. The van der Waals surface area contributed by atoms with E-state index in [0.717, 1.165) is 29.9 Å². The summed E-state index contributed by atoms with van der Waals surface area (Å²) in [6.07, 6.45) is 14.3. The molecule has 0 saturated carbocycles. The highest BCUT2D eigenvalue weighted by molar-refractivity contribution is 7.85. The number of hydrogen-bond acceptors (Lipinski definition) is 3. The van der Waals surface area contributed by atoms with Crippen molar-refractivity contribution in [3.63, 3.8) is 0 Å². The summed E-state index contributed by atoms with van der Waals surface area (Å²) >= 11 is 6.58. The number of nitrogens with one attached hydrogen (secondary N) is 1. The lowest BCUT2D eigenvalue weighted by molar-refractivity contribution is 0.886. The maximum absolute atomic E-state index is 4.70. The summed E-state index contributed by atoms with van der Waals surface area (Å²) in [7, 11) is 0. The van der Waals surface area contributed by atoms with Gasteiger partial charge in [0, 0.05) is 36.8 Å². The molecule has 0 aliphatic heterocycles. The maximum atomic E-state index is 4.70. The molecule has 0 spiro atoms. The topological polar surface area (TPSA) is 12.0 Å². The quantitative estimate of drug-likeness (QED) is 0.212. The first-order chi connectivity index (χ1) is 19.2. The van der Waals surface area contributed by atoms with E-state index >= 15 is 0 Å². The second kappa shape index (κ2) is 10.4. The number of thiophene rings is 1. The number of allylic oxidation sites excluding steroid dienone is 5. The fraction of sp³-hybridized carbons (Fsp3) is 0.111. The molecule has 190 valence electrons. The predicted octanol–water partition coefficient (Wildman–Crippen LogP) is 10.5. The summed E-state index contributed by atoms with van der Waals surface area (Å²) in [5.74, 6) is 0. The lowest BCUT2D eigenvalue weighted by atomic mass is 9.92. The van der Waals surface area contributed by atoms with Crippen LogP contribution in [0, 0.1) is 0 Å². The maximum Gasteiger partial charge on any atom is 0.0482 e. The van der Waals surface area contributed by atoms with Crippen LogP contribution in [0.15, 0.2) is 126 Å². The van der Waals surface area contributed by atoms with E-state index < -0.39 is 0 Å². The number of fused-ring (bicyclic) bond motifs is 3. The van der Waals surface area contributed by atoms with Crippen LogP contribution in [-0.4, -0.2) is 6.04 Å². The van der Waals surface area contributed by atoms with Crippen LogP contribution in [0.2, 0.25) is 0 Å². The van der Waals surface area contributed by atoms with E-state index in [1.54, 1.807) is 0 Å². The van der Waals surface area contributed by atoms with Crippen molar-refractivity contribution in [2.45, 2.75) is 25.3 Å². The Bertz CT molecular complexity index is 1810. The Labute approximate surface area is 239 Å². The standard InChI is InChI=1S/C36H29NS2/c38-34-13-3-1-9-30(34)27-8-5-7-26(23-27)24-15-19-28(20-16-24)37-29-21-17-25(18-22-29)31-11-6-12-33-32-10-2-4-14-35(32)39-36(31)33/h2-8,10-19,21-23,28,37-38H,1,9,20H2. The Kier molecular flexibility index (Phi) is 6.48. The molecule has 4 aromatic carbocycles. The smallest absolute Gasteiger partial charge is 0.0482 e. The second-order valence-electron chi connectivity index (χ2n) is 10.2. The van der Waals surface area contributed by atoms with Gasteiger partial charge in [-0.3, -0.25) is 0 Å². The van der Waals surface area contributed by atoms with Gasteiger partial charge in [-0.25, -0.2) is 0 Å². The van der Waals surface area contributed by atoms with Gasteiger partial charge in [-0.05, 0) is 76.9 Å². The van der Waals surface area contributed by atoms with Crippen molar-refractivity contribution in [2.75, 3.05) is 5.32 Å². The summed E-state index contributed by atoms with van der Waals surface area (Å²) in [5, 5.41) is 6.39. The SMILES string of the molecule is SC1=C(c2cccc(C3=CCC(Nc4ccc(-c5cccc6c5sc5ccccc56)cc4)C=C3)c2)CCC=C1. The molecule has 0 fully saturated rings. The van der Waals surface area contributed by atoms with Gasteiger partial charge in [-0.1, -0.05) is 97.1 Å². The normalized spacial score (nSPS) is 17.2. The van der Waals surface area contributed by atoms with Crippen LogP contribution in [0.3, 0.4) is 0 Å². The van der Waals surface area contributed by atoms with Gasteiger partial charge in [0.1, 0.15) is 0 Å². The van der Waals surface area contributed by atoms with Gasteiger partial charge in [-0.2, -0.15) is 0 Å². The van der Waals surface area contributed by atoms with Gasteiger partial charge < -0.3 is 5.32 Å². The average Bonchev–Trinajstić information content (AvgIpc) is 3.37. The minimum atomic E-state index is 0.282. The molecule has 39 heavy (non-hydrogen) atoms. The van der Waals surface area contributed by atoms with Crippen molar-refractivity contribution in [1.29, 1.82) is 0 Å². The molecule has 1 atom stereocenters. The summed E-state index contributed by atoms with van der Waals surface area (Å²) in [6.45, 7) is 0. The molecular formula is C36H29NS2. The second-order valence-corrected chi connectivity index (χ2v) is 11.8. The molecule has 1 heterocycles. The van der Waals surface area contributed by atoms with Crippen molar-refractivity contribution in [2.24, 2.45) is 0 Å². The minimum absolute atomic E-state index is 0.282. The van der Waals surface area contributed by atoms with E-state index in [-0.39, 0.29) is 6.04 Å². The first kappa shape index (κ1) is 24.3.